The zero-order chi connectivity index (χ0) is 12.3. The van der Waals surface area contributed by atoms with Crippen LogP contribution in [-0.4, -0.2) is 6.61 Å². The molecule has 0 spiro atoms. The van der Waals surface area contributed by atoms with E-state index in [0.717, 1.165) is 11.7 Å². The molecule has 0 aliphatic rings. The van der Waals surface area contributed by atoms with E-state index < -0.39 is 8.03 Å². The highest BCUT2D eigenvalue weighted by Gasteiger charge is 2.20. The number of rotatable bonds is 9. The standard InChI is InChI=1S/C14H22O2P/c1-2-3-4-5-6-10-13-16-17(15)14-11-8-7-9-12-14/h7-9,11-12H,2-6,10,13H2,1H3/q+1. The normalized spacial score (nSPS) is 11.5. The molecule has 0 radical (unpaired) electrons. The minimum atomic E-state index is -1.65. The van der Waals surface area contributed by atoms with E-state index in [2.05, 4.69) is 6.92 Å². The lowest BCUT2D eigenvalue weighted by molar-refractivity contribution is 0.321. The van der Waals surface area contributed by atoms with Crippen molar-refractivity contribution in [2.75, 3.05) is 6.61 Å². The summed E-state index contributed by atoms with van der Waals surface area (Å²) in [7, 11) is -1.65. The van der Waals surface area contributed by atoms with Gasteiger partial charge in [-0.05, 0) is 23.1 Å². The van der Waals surface area contributed by atoms with E-state index in [-0.39, 0.29) is 0 Å². The van der Waals surface area contributed by atoms with Crippen LogP contribution in [0.5, 0.6) is 0 Å². The molecule has 1 aromatic carbocycles. The summed E-state index contributed by atoms with van der Waals surface area (Å²) in [5.74, 6) is 0. The molecule has 0 heterocycles. The monoisotopic (exact) mass is 253 g/mol. The van der Waals surface area contributed by atoms with Crippen LogP contribution in [-0.2, 0) is 9.09 Å². The molecule has 0 amide bonds. The van der Waals surface area contributed by atoms with Crippen molar-refractivity contribution in [1.29, 1.82) is 0 Å². The molecule has 1 atom stereocenters. The van der Waals surface area contributed by atoms with Gasteiger partial charge in [0.2, 0.25) is 5.30 Å². The molecule has 1 rings (SSSR count). The van der Waals surface area contributed by atoms with E-state index in [1.165, 1.54) is 32.1 Å². The van der Waals surface area contributed by atoms with Crippen LogP contribution < -0.4 is 5.30 Å². The quantitative estimate of drug-likeness (QED) is 0.480. The molecule has 0 saturated heterocycles. The fourth-order valence-corrected chi connectivity index (χ4v) is 2.51. The molecule has 0 N–H and O–H groups in total. The first-order valence-electron chi connectivity index (χ1n) is 6.50. The van der Waals surface area contributed by atoms with Gasteiger partial charge in [-0.15, -0.1) is 4.52 Å². The van der Waals surface area contributed by atoms with Gasteiger partial charge in [-0.1, -0.05) is 57.2 Å². The molecule has 1 aromatic rings. The van der Waals surface area contributed by atoms with Gasteiger partial charge in [-0.25, -0.2) is 0 Å². The second-order valence-electron chi connectivity index (χ2n) is 4.19. The molecule has 0 saturated carbocycles. The van der Waals surface area contributed by atoms with Crippen LogP contribution in [0.15, 0.2) is 30.3 Å². The van der Waals surface area contributed by atoms with Gasteiger partial charge in [0.05, 0.1) is 0 Å². The number of hydrogen-bond acceptors (Lipinski definition) is 2. The maximum atomic E-state index is 11.7. The summed E-state index contributed by atoms with van der Waals surface area (Å²) in [6.45, 7) is 2.82. The Balaban J connectivity index is 2.05. The van der Waals surface area contributed by atoms with Crippen molar-refractivity contribution in [1.82, 2.24) is 0 Å². The predicted molar refractivity (Wildman–Crippen MR) is 73.0 cm³/mol. The zero-order valence-corrected chi connectivity index (χ0v) is 11.5. The van der Waals surface area contributed by atoms with E-state index >= 15 is 0 Å². The third kappa shape index (κ3) is 6.55. The lowest BCUT2D eigenvalue weighted by Gasteiger charge is -1.97. The highest BCUT2D eigenvalue weighted by atomic mass is 31.1. The number of hydrogen-bond donors (Lipinski definition) is 0. The average molecular weight is 253 g/mol. The van der Waals surface area contributed by atoms with Gasteiger partial charge in [-0.3, -0.25) is 0 Å². The van der Waals surface area contributed by atoms with Crippen LogP contribution in [0.3, 0.4) is 0 Å². The fourth-order valence-electron chi connectivity index (χ4n) is 1.65. The molecule has 1 unspecified atom stereocenters. The first-order valence-corrected chi connectivity index (χ1v) is 7.67. The summed E-state index contributed by atoms with van der Waals surface area (Å²) in [5.41, 5.74) is 0. The summed E-state index contributed by atoms with van der Waals surface area (Å²) < 4.78 is 17.0. The van der Waals surface area contributed by atoms with Crippen molar-refractivity contribution in [3.63, 3.8) is 0 Å². The second-order valence-corrected chi connectivity index (χ2v) is 5.48. The van der Waals surface area contributed by atoms with Crippen molar-refractivity contribution in [2.45, 2.75) is 45.4 Å². The molecule has 3 heteroatoms. The Hall–Kier alpha value is -0.720. The van der Waals surface area contributed by atoms with Gasteiger partial charge in [0.15, 0.2) is 0 Å². The summed E-state index contributed by atoms with van der Waals surface area (Å²) >= 11 is 0. The lowest BCUT2D eigenvalue weighted by atomic mass is 10.1. The van der Waals surface area contributed by atoms with Gasteiger partial charge in [-0.2, -0.15) is 0 Å². The molecule has 0 aliphatic heterocycles. The maximum absolute atomic E-state index is 11.7. The first-order chi connectivity index (χ1) is 8.34. The van der Waals surface area contributed by atoms with Crippen LogP contribution in [0, 0.1) is 0 Å². The van der Waals surface area contributed by atoms with E-state index in [9.17, 15) is 4.57 Å². The molecule has 2 nitrogen and oxygen atoms in total. The Morgan fingerprint density at radius 3 is 2.35 bits per heavy atom. The van der Waals surface area contributed by atoms with Crippen molar-refractivity contribution in [3.8, 4) is 0 Å². The molecule has 0 aromatic heterocycles. The van der Waals surface area contributed by atoms with Gasteiger partial charge in [0, 0.05) is 0 Å². The van der Waals surface area contributed by atoms with E-state index in [1.807, 2.05) is 30.3 Å². The molecule has 0 fully saturated rings. The van der Waals surface area contributed by atoms with Gasteiger partial charge in [0.25, 0.3) is 0 Å². The molecule has 17 heavy (non-hydrogen) atoms. The highest BCUT2D eigenvalue weighted by molar-refractivity contribution is 7.48. The van der Waals surface area contributed by atoms with Crippen LogP contribution in [0.25, 0.3) is 0 Å². The Morgan fingerprint density at radius 1 is 1.00 bits per heavy atom. The van der Waals surface area contributed by atoms with Crippen molar-refractivity contribution >= 4 is 13.3 Å². The van der Waals surface area contributed by atoms with Crippen LogP contribution in [0.1, 0.15) is 45.4 Å². The number of unbranched alkanes of at least 4 members (excludes halogenated alkanes) is 5. The predicted octanol–water partition coefficient (Wildman–Crippen LogP) is 4.43. The Bertz CT molecular complexity index is 311. The minimum absolute atomic E-state index is 0.607. The van der Waals surface area contributed by atoms with E-state index in [4.69, 9.17) is 4.52 Å². The number of benzene rings is 1. The third-order valence-electron chi connectivity index (χ3n) is 2.67. The van der Waals surface area contributed by atoms with Crippen LogP contribution in [0.2, 0.25) is 0 Å². The van der Waals surface area contributed by atoms with E-state index in [0.29, 0.717) is 6.61 Å². The van der Waals surface area contributed by atoms with E-state index in [1.54, 1.807) is 0 Å². The van der Waals surface area contributed by atoms with Gasteiger partial charge >= 0.3 is 8.03 Å². The van der Waals surface area contributed by atoms with Gasteiger partial charge < -0.3 is 0 Å². The molecule has 0 bridgehead atoms. The van der Waals surface area contributed by atoms with Crippen molar-refractivity contribution < 1.29 is 9.09 Å². The lowest BCUT2D eigenvalue weighted by Crippen LogP contribution is -1.98. The second kappa shape index (κ2) is 9.32. The Labute approximate surface area is 105 Å². The molecular formula is C14H22O2P+. The average Bonchev–Trinajstić information content (AvgIpc) is 2.38. The highest BCUT2D eigenvalue weighted by Crippen LogP contribution is 2.21. The van der Waals surface area contributed by atoms with Crippen LogP contribution in [0.4, 0.5) is 0 Å². The summed E-state index contributed by atoms with van der Waals surface area (Å²) in [6.07, 6.45) is 7.35. The zero-order valence-electron chi connectivity index (χ0n) is 10.6. The third-order valence-corrected chi connectivity index (χ3v) is 3.81. The summed E-state index contributed by atoms with van der Waals surface area (Å²) in [4.78, 5) is 0. The Kier molecular flexibility index (Phi) is 7.87. The topological polar surface area (TPSA) is 26.3 Å². The fraction of sp³-hybridized carbons (Fsp3) is 0.571. The van der Waals surface area contributed by atoms with Crippen molar-refractivity contribution in [2.24, 2.45) is 0 Å². The van der Waals surface area contributed by atoms with Crippen molar-refractivity contribution in [3.05, 3.63) is 30.3 Å². The SMILES string of the molecule is CCCCCCCCO[P+](=O)c1ccccc1. The molecule has 94 valence electrons. The largest absolute Gasteiger partial charge is 0.548 e. The smallest absolute Gasteiger partial charge is 0.142 e. The molecule has 0 aliphatic carbocycles. The summed E-state index contributed by atoms with van der Waals surface area (Å²) in [5, 5.41) is 0.786. The van der Waals surface area contributed by atoms with Gasteiger partial charge in [0.1, 0.15) is 6.61 Å². The van der Waals surface area contributed by atoms with Crippen LogP contribution >= 0.6 is 8.03 Å². The molecular weight excluding hydrogens is 231 g/mol. The minimum Gasteiger partial charge on any atom is -0.142 e. The maximum Gasteiger partial charge on any atom is 0.548 e. The first kappa shape index (κ1) is 14.3. The summed E-state index contributed by atoms with van der Waals surface area (Å²) in [6, 6.07) is 9.38. The Morgan fingerprint density at radius 2 is 1.65 bits per heavy atom.